The maximum absolute atomic E-state index is 10.4. The van der Waals surface area contributed by atoms with Crippen molar-refractivity contribution in [1.29, 1.82) is 10.5 Å². The number of benzene rings is 1. The molecule has 1 aromatic carbocycles. The van der Waals surface area contributed by atoms with Gasteiger partial charge in [0.15, 0.2) is 10.8 Å². The Balaban J connectivity index is 2.16. The predicted molar refractivity (Wildman–Crippen MR) is 104 cm³/mol. The molecule has 0 bridgehead atoms. The average molecular weight is 382 g/mol. The number of nitrogens with two attached hydrogens (primary N) is 1. The van der Waals surface area contributed by atoms with Crippen LogP contribution in [-0.2, 0) is 14.9 Å². The Bertz CT molecular complexity index is 876. The van der Waals surface area contributed by atoms with Gasteiger partial charge in [-0.3, -0.25) is 5.73 Å². The van der Waals surface area contributed by atoms with Crippen molar-refractivity contribution in [2.75, 3.05) is 13.2 Å². The van der Waals surface area contributed by atoms with Gasteiger partial charge in [0.25, 0.3) is 5.84 Å². The number of fused-ring (bicyclic) bond motifs is 1. The highest BCUT2D eigenvalue weighted by molar-refractivity contribution is 5.94. The van der Waals surface area contributed by atoms with Crippen molar-refractivity contribution in [3.8, 4) is 12.1 Å². The monoisotopic (exact) mass is 381 g/mol. The Kier molecular flexibility index (Phi) is 4.58. The van der Waals surface area contributed by atoms with Crippen LogP contribution in [0.4, 0.5) is 0 Å². The number of rotatable bonds is 7. The summed E-state index contributed by atoms with van der Waals surface area (Å²) in [5, 5.41) is 20.7. The van der Waals surface area contributed by atoms with E-state index >= 15 is 0 Å². The van der Waals surface area contributed by atoms with Crippen molar-refractivity contribution in [2.45, 2.75) is 52.4 Å². The molecule has 0 amide bonds. The molecule has 0 radical (unpaired) electrons. The summed E-state index contributed by atoms with van der Waals surface area (Å²) in [5.41, 5.74) is 4.05. The van der Waals surface area contributed by atoms with Crippen molar-refractivity contribution in [3.63, 3.8) is 0 Å². The molecule has 1 aliphatic heterocycles. The largest absolute Gasteiger partial charge is 0.343 e. The molecule has 148 valence electrons. The molecule has 3 atom stereocenters. The zero-order valence-electron chi connectivity index (χ0n) is 17.3. The van der Waals surface area contributed by atoms with Gasteiger partial charge in [-0.2, -0.15) is 10.5 Å². The summed E-state index contributed by atoms with van der Waals surface area (Å²) < 4.78 is 12.0. The summed E-state index contributed by atoms with van der Waals surface area (Å²) in [6.07, 6.45) is 0.579. The summed E-state index contributed by atoms with van der Waals surface area (Å²) in [6, 6.07) is 14.9. The van der Waals surface area contributed by atoms with Crippen molar-refractivity contribution in [1.82, 2.24) is 0 Å². The van der Waals surface area contributed by atoms with Gasteiger partial charge in [0.05, 0.1) is 25.4 Å². The molecule has 1 aromatic rings. The Morgan fingerprint density at radius 3 is 2.11 bits per heavy atom. The number of nitriles is 2. The van der Waals surface area contributed by atoms with Crippen LogP contribution in [0.5, 0.6) is 0 Å². The van der Waals surface area contributed by atoms with E-state index in [-0.39, 0.29) is 11.3 Å². The van der Waals surface area contributed by atoms with Crippen LogP contribution in [0.1, 0.15) is 46.6 Å². The van der Waals surface area contributed by atoms with E-state index in [2.05, 4.69) is 43.1 Å². The molecular weight excluding hydrogens is 352 g/mol. The molecular formula is C22H29N4O2+. The second kappa shape index (κ2) is 6.30. The fourth-order valence-corrected chi connectivity index (χ4v) is 5.68. The Hall–Kier alpha value is -2.41. The Labute approximate surface area is 167 Å². The number of amidine groups is 1. The van der Waals surface area contributed by atoms with E-state index in [1.165, 1.54) is 0 Å². The van der Waals surface area contributed by atoms with Crippen molar-refractivity contribution >= 4 is 5.84 Å². The number of hydrogen-bond acceptors (Lipinski definition) is 5. The van der Waals surface area contributed by atoms with E-state index < -0.39 is 22.2 Å². The summed E-state index contributed by atoms with van der Waals surface area (Å²) >= 11 is 0. The molecule has 0 unspecified atom stereocenters. The normalized spacial score (nSPS) is 32.8. The molecule has 0 aromatic heterocycles. The highest BCUT2D eigenvalue weighted by atomic mass is 16.7. The van der Waals surface area contributed by atoms with Gasteiger partial charge in [-0.15, -0.1) is 0 Å². The van der Waals surface area contributed by atoms with Crippen LogP contribution < -0.4 is 10.7 Å². The van der Waals surface area contributed by atoms with Gasteiger partial charge in [-0.05, 0) is 31.2 Å². The second-order valence-electron chi connectivity index (χ2n) is 8.50. The van der Waals surface area contributed by atoms with E-state index in [1.807, 2.05) is 39.0 Å². The zero-order chi connectivity index (χ0) is 20.8. The fraction of sp³-hybridized carbons (Fsp3) is 0.591. The molecule has 28 heavy (non-hydrogen) atoms. The van der Waals surface area contributed by atoms with Crippen molar-refractivity contribution < 1.29 is 14.5 Å². The lowest BCUT2D eigenvalue weighted by atomic mass is 9.72. The average Bonchev–Trinajstić information content (AvgIpc) is 3.04. The first-order valence-electron chi connectivity index (χ1n) is 9.75. The third kappa shape index (κ3) is 2.05. The lowest BCUT2D eigenvalue weighted by molar-refractivity contribution is -0.695. The lowest BCUT2D eigenvalue weighted by Crippen LogP contribution is -2.91. The first kappa shape index (κ1) is 20.3. The molecule has 1 heterocycles. The molecule has 3 N–H and O–H groups in total. The van der Waals surface area contributed by atoms with Crippen LogP contribution in [0, 0.1) is 38.9 Å². The highest BCUT2D eigenvalue weighted by Crippen LogP contribution is 2.84. The first-order chi connectivity index (χ1) is 13.2. The highest BCUT2D eigenvalue weighted by Gasteiger charge is 3.02. The quantitative estimate of drug-likeness (QED) is 0.698. The number of hydrogen-bond donors (Lipinski definition) is 2. The van der Waals surface area contributed by atoms with Crippen LogP contribution in [-0.4, -0.2) is 25.0 Å². The molecule has 1 saturated carbocycles. The SMILES string of the molecule is CCOC1(OCC)[NH+]=C(N)[C@@]2(C#N)[C@@](C)(CC(C)(C)c3ccccc3)[C@@]12C#N. The maximum Gasteiger partial charge on any atom is 0.343 e. The molecule has 1 fully saturated rings. The molecule has 0 saturated heterocycles. The summed E-state index contributed by atoms with van der Waals surface area (Å²) in [7, 11) is 0. The number of nitrogens with zero attached hydrogens (tertiary/aromatic N) is 2. The Morgan fingerprint density at radius 2 is 1.64 bits per heavy atom. The third-order valence-electron chi connectivity index (χ3n) is 6.73. The smallest absolute Gasteiger partial charge is 0.314 e. The first-order valence-corrected chi connectivity index (χ1v) is 9.75. The topological polar surface area (TPSA) is 106 Å². The lowest BCUT2D eigenvalue weighted by Gasteiger charge is -2.35. The second-order valence-corrected chi connectivity index (χ2v) is 8.50. The van der Waals surface area contributed by atoms with Crippen LogP contribution in [0.2, 0.25) is 0 Å². The minimum atomic E-state index is -1.44. The van der Waals surface area contributed by atoms with Gasteiger partial charge >= 0.3 is 5.91 Å². The molecule has 0 spiro atoms. The minimum absolute atomic E-state index is 0.254. The van der Waals surface area contributed by atoms with E-state index in [0.717, 1.165) is 5.56 Å². The van der Waals surface area contributed by atoms with Gasteiger partial charge < -0.3 is 9.47 Å². The molecule has 6 heteroatoms. The molecule has 6 nitrogen and oxygen atoms in total. The van der Waals surface area contributed by atoms with Crippen LogP contribution in [0.25, 0.3) is 0 Å². The minimum Gasteiger partial charge on any atom is -0.314 e. The molecule has 2 aliphatic rings. The van der Waals surface area contributed by atoms with Crippen LogP contribution >= 0.6 is 0 Å². The summed E-state index contributed by atoms with van der Waals surface area (Å²) in [6.45, 7) is 10.5. The van der Waals surface area contributed by atoms with Gasteiger partial charge in [0.1, 0.15) is 0 Å². The summed E-state index contributed by atoms with van der Waals surface area (Å²) in [5.74, 6) is -1.18. The van der Waals surface area contributed by atoms with Crippen molar-refractivity contribution in [3.05, 3.63) is 35.9 Å². The maximum atomic E-state index is 10.4. The fourth-order valence-electron chi connectivity index (χ4n) is 5.68. The van der Waals surface area contributed by atoms with Crippen LogP contribution in [0.3, 0.4) is 0 Å². The number of nitrogens with one attached hydrogen (secondary N) is 1. The Morgan fingerprint density at radius 1 is 1.07 bits per heavy atom. The third-order valence-corrected chi connectivity index (χ3v) is 6.73. The van der Waals surface area contributed by atoms with E-state index in [1.54, 1.807) is 0 Å². The number of ether oxygens (including phenoxy) is 2. The standard InChI is InChI=1S/C22H28N4O2/c1-6-27-22(28-7-2)21(15-24)19(5,20(21,14-23)17(25)26-22)13-18(3,4)16-11-9-8-10-12-16/h8-12H,6-7,13H2,1-5H3,(H2,25,26)/p+1/t19-,20+,21-/m1/s1. The van der Waals surface area contributed by atoms with Gasteiger partial charge in [-0.1, -0.05) is 51.1 Å². The van der Waals surface area contributed by atoms with Gasteiger partial charge in [-0.25, -0.2) is 4.99 Å². The van der Waals surface area contributed by atoms with E-state index in [9.17, 15) is 10.5 Å². The van der Waals surface area contributed by atoms with E-state index in [0.29, 0.717) is 19.6 Å². The van der Waals surface area contributed by atoms with Crippen molar-refractivity contribution in [2.24, 2.45) is 22.0 Å². The van der Waals surface area contributed by atoms with Gasteiger partial charge in [0, 0.05) is 5.41 Å². The van der Waals surface area contributed by atoms with E-state index in [4.69, 9.17) is 15.2 Å². The zero-order valence-corrected chi connectivity index (χ0v) is 17.3. The van der Waals surface area contributed by atoms with Crippen LogP contribution in [0.15, 0.2) is 30.3 Å². The molecule has 3 rings (SSSR count). The van der Waals surface area contributed by atoms with Gasteiger partial charge in [0.2, 0.25) is 0 Å². The molecule has 1 aliphatic carbocycles. The summed E-state index contributed by atoms with van der Waals surface area (Å²) in [4.78, 5) is 3.04. The predicted octanol–water partition coefficient (Wildman–Crippen LogP) is 1.57.